The van der Waals surface area contributed by atoms with E-state index in [1.165, 1.54) is 16.2 Å². The first-order valence-electron chi connectivity index (χ1n) is 8.36. The molecule has 0 atom stereocenters. The lowest BCUT2D eigenvalue weighted by Gasteiger charge is -2.15. The third-order valence-corrected chi connectivity index (χ3v) is 5.58. The molecule has 5 nitrogen and oxygen atoms in total. The number of thiazole rings is 1. The lowest BCUT2D eigenvalue weighted by molar-refractivity contribution is -0.116. The molecular formula is C20H17Cl2N3O2S. The monoisotopic (exact) mass is 433 g/mol. The van der Waals surface area contributed by atoms with Gasteiger partial charge in [-0.05, 0) is 25.1 Å². The molecule has 0 unspecified atom stereocenters. The molecule has 0 saturated heterocycles. The molecule has 8 heteroatoms. The fraction of sp³-hybridized carbons (Fsp3) is 0.150. The Labute approximate surface area is 176 Å². The number of benzene rings is 2. The van der Waals surface area contributed by atoms with Gasteiger partial charge >= 0.3 is 0 Å². The van der Waals surface area contributed by atoms with Crippen molar-refractivity contribution in [2.75, 3.05) is 18.9 Å². The molecule has 144 valence electrons. The lowest BCUT2D eigenvalue weighted by Crippen LogP contribution is -2.35. The maximum Gasteiger partial charge on any atom is 0.273 e. The number of nitrogens with zero attached hydrogens (tertiary/aromatic N) is 2. The summed E-state index contributed by atoms with van der Waals surface area (Å²) < 4.78 is 0. The van der Waals surface area contributed by atoms with E-state index in [1.54, 1.807) is 30.6 Å². The summed E-state index contributed by atoms with van der Waals surface area (Å²) in [5.41, 5.74) is 2.93. The van der Waals surface area contributed by atoms with Crippen molar-refractivity contribution in [2.45, 2.75) is 6.92 Å². The third-order valence-electron chi connectivity index (χ3n) is 3.95. The number of carbonyl (C=O) groups is 2. The Hall–Kier alpha value is -2.41. The minimum Gasteiger partial charge on any atom is -0.331 e. The molecule has 0 spiro atoms. The molecule has 0 aliphatic carbocycles. The predicted octanol–water partition coefficient (Wildman–Crippen LogP) is 5.14. The molecule has 0 fully saturated rings. The predicted molar refractivity (Wildman–Crippen MR) is 114 cm³/mol. The summed E-state index contributed by atoms with van der Waals surface area (Å²) in [6.45, 7) is 1.90. The standard InChI is InChI=1S/C20H17Cl2N3O2S/c1-12-3-5-13(6-4-12)19-24-17(11-28-19)20(27)25(2)10-18(26)23-14-7-8-15(21)16(22)9-14/h3-9,11H,10H2,1-2H3,(H,23,26). The maximum absolute atomic E-state index is 12.6. The van der Waals surface area contributed by atoms with Gasteiger partial charge < -0.3 is 10.2 Å². The number of hydrogen-bond donors (Lipinski definition) is 1. The minimum atomic E-state index is -0.344. The number of aromatic nitrogens is 1. The third kappa shape index (κ3) is 4.90. The number of hydrogen-bond acceptors (Lipinski definition) is 4. The highest BCUT2D eigenvalue weighted by atomic mass is 35.5. The molecule has 3 rings (SSSR count). The Balaban J connectivity index is 1.63. The van der Waals surface area contributed by atoms with Crippen molar-refractivity contribution in [3.05, 3.63) is 69.1 Å². The van der Waals surface area contributed by atoms with Crippen molar-refractivity contribution in [3.8, 4) is 10.6 Å². The molecule has 0 bridgehead atoms. The summed E-state index contributed by atoms with van der Waals surface area (Å²) >= 11 is 13.2. The van der Waals surface area contributed by atoms with Crippen LogP contribution in [0.2, 0.25) is 10.0 Å². The van der Waals surface area contributed by atoms with Gasteiger partial charge in [-0.2, -0.15) is 0 Å². The van der Waals surface area contributed by atoms with Gasteiger partial charge in [-0.3, -0.25) is 9.59 Å². The van der Waals surface area contributed by atoms with E-state index in [4.69, 9.17) is 23.2 Å². The first-order valence-corrected chi connectivity index (χ1v) is 10.00. The van der Waals surface area contributed by atoms with Gasteiger partial charge in [0.1, 0.15) is 10.7 Å². The van der Waals surface area contributed by atoms with Crippen LogP contribution in [-0.4, -0.2) is 35.3 Å². The molecule has 1 N–H and O–H groups in total. The number of amides is 2. The fourth-order valence-electron chi connectivity index (χ4n) is 2.46. The number of aryl methyl sites for hydroxylation is 1. The van der Waals surface area contributed by atoms with Gasteiger partial charge in [0.2, 0.25) is 5.91 Å². The Kier molecular flexibility index (Phi) is 6.34. The first-order chi connectivity index (χ1) is 13.3. The molecule has 2 aromatic carbocycles. The molecule has 0 aliphatic heterocycles. The van der Waals surface area contributed by atoms with E-state index in [0.29, 0.717) is 21.4 Å². The van der Waals surface area contributed by atoms with E-state index in [0.717, 1.165) is 16.1 Å². The Morgan fingerprint density at radius 3 is 2.50 bits per heavy atom. The Morgan fingerprint density at radius 1 is 1.11 bits per heavy atom. The highest BCUT2D eigenvalue weighted by Crippen LogP contribution is 2.26. The zero-order chi connectivity index (χ0) is 20.3. The molecule has 0 aliphatic rings. The van der Waals surface area contributed by atoms with E-state index in [1.807, 2.05) is 31.2 Å². The molecule has 0 radical (unpaired) electrons. The Morgan fingerprint density at radius 2 is 1.82 bits per heavy atom. The van der Waals surface area contributed by atoms with E-state index in [2.05, 4.69) is 10.3 Å². The fourth-order valence-corrected chi connectivity index (χ4v) is 3.56. The number of nitrogens with one attached hydrogen (secondary N) is 1. The van der Waals surface area contributed by atoms with Crippen LogP contribution in [0.25, 0.3) is 10.6 Å². The van der Waals surface area contributed by atoms with Crippen LogP contribution in [0.1, 0.15) is 16.1 Å². The molecule has 3 aromatic rings. The normalized spacial score (nSPS) is 10.6. The average molecular weight is 434 g/mol. The van der Waals surface area contributed by atoms with E-state index in [-0.39, 0.29) is 18.4 Å². The summed E-state index contributed by atoms with van der Waals surface area (Å²) in [6, 6.07) is 12.7. The summed E-state index contributed by atoms with van der Waals surface area (Å²) in [7, 11) is 1.56. The van der Waals surface area contributed by atoms with Crippen molar-refractivity contribution in [1.82, 2.24) is 9.88 Å². The second-order valence-corrected chi connectivity index (χ2v) is 7.91. The van der Waals surface area contributed by atoms with Gasteiger partial charge in [0.15, 0.2) is 0 Å². The van der Waals surface area contributed by atoms with Gasteiger partial charge in [-0.25, -0.2) is 4.98 Å². The molecule has 1 heterocycles. The van der Waals surface area contributed by atoms with Gasteiger partial charge in [0.05, 0.1) is 16.6 Å². The van der Waals surface area contributed by atoms with Crippen molar-refractivity contribution >= 4 is 52.0 Å². The van der Waals surface area contributed by atoms with Crippen LogP contribution in [0.15, 0.2) is 47.8 Å². The van der Waals surface area contributed by atoms with Crippen molar-refractivity contribution < 1.29 is 9.59 Å². The number of likely N-dealkylation sites (N-methyl/N-ethyl adjacent to an activating group) is 1. The largest absolute Gasteiger partial charge is 0.331 e. The van der Waals surface area contributed by atoms with Crippen molar-refractivity contribution in [3.63, 3.8) is 0 Å². The van der Waals surface area contributed by atoms with Gasteiger partial charge in [-0.1, -0.05) is 53.0 Å². The average Bonchev–Trinajstić information content (AvgIpc) is 3.14. The van der Waals surface area contributed by atoms with Gasteiger partial charge in [0.25, 0.3) is 5.91 Å². The SMILES string of the molecule is Cc1ccc(-c2nc(C(=O)N(C)CC(=O)Nc3ccc(Cl)c(Cl)c3)cs2)cc1. The van der Waals surface area contributed by atoms with E-state index >= 15 is 0 Å². The second kappa shape index (κ2) is 8.73. The summed E-state index contributed by atoms with van der Waals surface area (Å²) in [5, 5.41) is 5.90. The van der Waals surface area contributed by atoms with Gasteiger partial charge in [0, 0.05) is 23.7 Å². The van der Waals surface area contributed by atoms with Crippen molar-refractivity contribution in [1.29, 1.82) is 0 Å². The van der Waals surface area contributed by atoms with Crippen LogP contribution >= 0.6 is 34.5 Å². The van der Waals surface area contributed by atoms with Crippen molar-refractivity contribution in [2.24, 2.45) is 0 Å². The summed E-state index contributed by atoms with van der Waals surface area (Å²) in [4.78, 5) is 30.5. The zero-order valence-corrected chi connectivity index (χ0v) is 17.5. The first kappa shape index (κ1) is 20.3. The summed E-state index contributed by atoms with van der Waals surface area (Å²) in [5.74, 6) is -0.665. The second-order valence-electron chi connectivity index (χ2n) is 6.24. The van der Waals surface area contributed by atoms with Crippen LogP contribution in [0.4, 0.5) is 5.69 Å². The zero-order valence-electron chi connectivity index (χ0n) is 15.2. The number of anilines is 1. The van der Waals surface area contributed by atoms with Crippen LogP contribution in [-0.2, 0) is 4.79 Å². The highest BCUT2D eigenvalue weighted by molar-refractivity contribution is 7.13. The van der Waals surface area contributed by atoms with E-state index in [9.17, 15) is 9.59 Å². The molecular weight excluding hydrogens is 417 g/mol. The lowest BCUT2D eigenvalue weighted by atomic mass is 10.2. The number of halogens is 2. The molecule has 1 aromatic heterocycles. The molecule has 2 amide bonds. The highest BCUT2D eigenvalue weighted by Gasteiger charge is 2.18. The van der Waals surface area contributed by atoms with Gasteiger partial charge in [-0.15, -0.1) is 11.3 Å². The topological polar surface area (TPSA) is 62.3 Å². The smallest absolute Gasteiger partial charge is 0.273 e. The van der Waals surface area contributed by atoms with Crippen LogP contribution < -0.4 is 5.32 Å². The molecule has 28 heavy (non-hydrogen) atoms. The van der Waals surface area contributed by atoms with Crippen LogP contribution in [0.3, 0.4) is 0 Å². The van der Waals surface area contributed by atoms with Crippen LogP contribution in [0, 0.1) is 6.92 Å². The van der Waals surface area contributed by atoms with E-state index < -0.39 is 0 Å². The van der Waals surface area contributed by atoms with Crippen LogP contribution in [0.5, 0.6) is 0 Å². The number of rotatable bonds is 5. The Bertz CT molecular complexity index is 1020. The summed E-state index contributed by atoms with van der Waals surface area (Å²) in [6.07, 6.45) is 0. The maximum atomic E-state index is 12.6. The minimum absolute atomic E-state index is 0.115. The molecule has 0 saturated carbocycles. The quantitative estimate of drug-likeness (QED) is 0.605. The number of carbonyl (C=O) groups excluding carboxylic acids is 2.